The third-order valence-corrected chi connectivity index (χ3v) is 5.60. The van der Waals surface area contributed by atoms with E-state index >= 15 is 0 Å². The summed E-state index contributed by atoms with van der Waals surface area (Å²) in [6.07, 6.45) is -4.82. The molecule has 0 unspecified atom stereocenters. The van der Waals surface area contributed by atoms with E-state index in [9.17, 15) is 28.1 Å². The van der Waals surface area contributed by atoms with Gasteiger partial charge in [0.15, 0.2) is 5.13 Å². The Morgan fingerprint density at radius 2 is 1.91 bits per heavy atom. The van der Waals surface area contributed by atoms with Crippen molar-refractivity contribution in [2.24, 2.45) is 0 Å². The topological polar surface area (TPSA) is 88.8 Å². The molecule has 0 saturated heterocycles. The number of alkyl halides is 3. The number of carbonyl (C=O) groups excluding carboxylic acids is 1. The molecule has 0 N–H and O–H groups in total. The maximum absolute atomic E-state index is 13.4. The number of hydrogen-bond donors (Lipinski definition) is 0. The van der Waals surface area contributed by atoms with Gasteiger partial charge in [0.25, 0.3) is 11.6 Å². The molecule has 0 bridgehead atoms. The highest BCUT2D eigenvalue weighted by Crippen LogP contribution is 2.34. The molecule has 0 aliphatic heterocycles. The van der Waals surface area contributed by atoms with Gasteiger partial charge in [-0.15, -0.1) is 25.6 Å². The van der Waals surface area contributed by atoms with Crippen LogP contribution in [-0.2, 0) is 0 Å². The van der Waals surface area contributed by atoms with Gasteiger partial charge in [0.2, 0.25) is 0 Å². The Morgan fingerprint density at radius 1 is 1.21 bits per heavy atom. The molecule has 3 rings (SSSR count). The van der Waals surface area contributed by atoms with Crippen molar-refractivity contribution in [1.29, 1.82) is 0 Å². The van der Waals surface area contributed by atoms with E-state index in [2.05, 4.69) is 9.72 Å². The Morgan fingerprint density at radius 3 is 2.52 bits per heavy atom. The van der Waals surface area contributed by atoms with Crippen LogP contribution < -0.4 is 9.64 Å². The Balaban J connectivity index is 0.00000385. The summed E-state index contributed by atoms with van der Waals surface area (Å²) in [7, 11) is 3.64. The van der Waals surface area contributed by atoms with Gasteiger partial charge in [0.05, 0.1) is 15.1 Å². The van der Waals surface area contributed by atoms with E-state index in [4.69, 9.17) is 0 Å². The van der Waals surface area contributed by atoms with Gasteiger partial charge in [-0.3, -0.25) is 19.8 Å². The number of likely N-dealkylation sites (N-methyl/N-ethyl adjacent to an activating group) is 1. The van der Waals surface area contributed by atoms with Crippen molar-refractivity contribution >= 4 is 50.7 Å². The highest BCUT2D eigenvalue weighted by molar-refractivity contribution is 7.22. The van der Waals surface area contributed by atoms with E-state index in [0.717, 1.165) is 17.4 Å². The van der Waals surface area contributed by atoms with E-state index in [-0.39, 0.29) is 46.6 Å². The molecule has 0 radical (unpaired) electrons. The first kappa shape index (κ1) is 26.3. The molecule has 2 aromatic carbocycles. The number of nitro groups is 1. The van der Waals surface area contributed by atoms with Gasteiger partial charge in [-0.2, -0.15) is 0 Å². The fourth-order valence-electron chi connectivity index (χ4n) is 2.99. The van der Waals surface area contributed by atoms with E-state index in [1.165, 1.54) is 42.2 Å². The summed E-state index contributed by atoms with van der Waals surface area (Å²) in [5.74, 6) is -0.875. The lowest BCUT2D eigenvalue weighted by Crippen LogP contribution is -2.37. The average molecular weight is 505 g/mol. The third kappa shape index (κ3) is 6.30. The number of hydrogen-bond acceptors (Lipinski definition) is 7. The first-order valence-corrected chi connectivity index (χ1v) is 10.1. The highest BCUT2D eigenvalue weighted by Gasteiger charge is 2.31. The first-order valence-electron chi connectivity index (χ1n) is 9.33. The minimum absolute atomic E-state index is 0. The molecular weight excluding hydrogens is 485 g/mol. The van der Waals surface area contributed by atoms with Gasteiger partial charge < -0.3 is 9.64 Å². The Hall–Kier alpha value is -2.96. The summed E-state index contributed by atoms with van der Waals surface area (Å²) in [5, 5.41) is 11.5. The highest BCUT2D eigenvalue weighted by atomic mass is 35.5. The lowest BCUT2D eigenvalue weighted by atomic mass is 10.1. The summed E-state index contributed by atoms with van der Waals surface area (Å²) in [6.45, 7) is 2.19. The van der Waals surface area contributed by atoms with Crippen LogP contribution in [-0.4, -0.2) is 54.3 Å². The van der Waals surface area contributed by atoms with Crippen LogP contribution in [0.3, 0.4) is 0 Å². The summed E-state index contributed by atoms with van der Waals surface area (Å²) in [4.78, 5) is 31.7. The number of ether oxygens (including phenoxy) is 1. The quantitative estimate of drug-likeness (QED) is 0.331. The molecule has 13 heteroatoms. The molecule has 1 aromatic heterocycles. The Bertz CT molecular complexity index is 1170. The van der Waals surface area contributed by atoms with E-state index < -0.39 is 17.2 Å². The molecule has 3 aromatic rings. The Labute approximate surface area is 197 Å². The molecule has 0 spiro atoms. The number of fused-ring (bicyclic) bond motifs is 1. The second-order valence-electron chi connectivity index (χ2n) is 7.14. The van der Waals surface area contributed by atoms with Crippen LogP contribution in [0, 0.1) is 17.0 Å². The van der Waals surface area contributed by atoms with E-state index in [1.807, 2.05) is 19.0 Å². The van der Waals surface area contributed by atoms with E-state index in [0.29, 0.717) is 16.8 Å². The third-order valence-electron chi connectivity index (χ3n) is 4.56. The minimum atomic E-state index is -4.82. The van der Waals surface area contributed by atoms with Gasteiger partial charge in [-0.25, -0.2) is 4.98 Å². The number of rotatable bonds is 7. The van der Waals surface area contributed by atoms with Gasteiger partial charge in [0.1, 0.15) is 5.75 Å². The number of carbonyl (C=O) groups is 1. The van der Waals surface area contributed by atoms with Crippen molar-refractivity contribution in [3.05, 3.63) is 57.6 Å². The average Bonchev–Trinajstić information content (AvgIpc) is 3.09. The molecule has 1 heterocycles. The van der Waals surface area contributed by atoms with Crippen LogP contribution in [0.2, 0.25) is 0 Å². The molecule has 0 atom stereocenters. The SMILES string of the molecule is Cc1c(C(=O)N(CCN(C)C)c2nc3ccc(OC(F)(F)F)cc3s2)cccc1[N+](=O)[O-].Cl. The second-order valence-corrected chi connectivity index (χ2v) is 8.15. The molecule has 0 fully saturated rings. The van der Waals surface area contributed by atoms with Crippen molar-refractivity contribution in [3.63, 3.8) is 0 Å². The monoisotopic (exact) mass is 504 g/mol. The standard InChI is InChI=1S/C20H19F3N4O4S.ClH/c1-12-14(5-4-6-16(12)27(29)30)18(28)26(10-9-25(2)3)19-24-15-8-7-13(11-17(15)32-19)31-20(21,22)23;/h4-8,11H,9-10H2,1-3H3;1H. The molecule has 0 aliphatic carbocycles. The summed E-state index contributed by atoms with van der Waals surface area (Å²) >= 11 is 1.03. The van der Waals surface area contributed by atoms with Crippen LogP contribution in [0.5, 0.6) is 5.75 Å². The predicted molar refractivity (Wildman–Crippen MR) is 122 cm³/mol. The van der Waals surface area contributed by atoms with Crippen molar-refractivity contribution in [2.75, 3.05) is 32.1 Å². The maximum atomic E-state index is 13.4. The van der Waals surface area contributed by atoms with Gasteiger partial charge >= 0.3 is 6.36 Å². The molecule has 178 valence electrons. The molecular formula is C20H20ClF3N4O4S. The van der Waals surface area contributed by atoms with Crippen LogP contribution in [0.4, 0.5) is 24.0 Å². The van der Waals surface area contributed by atoms with E-state index in [1.54, 1.807) is 0 Å². The van der Waals surface area contributed by atoms with Crippen molar-refractivity contribution in [1.82, 2.24) is 9.88 Å². The minimum Gasteiger partial charge on any atom is -0.406 e. The first-order chi connectivity index (χ1) is 15.0. The normalized spacial score (nSPS) is 11.4. The smallest absolute Gasteiger partial charge is 0.406 e. The van der Waals surface area contributed by atoms with Crippen LogP contribution >= 0.6 is 23.7 Å². The Kier molecular flexibility index (Phi) is 8.22. The summed E-state index contributed by atoms with van der Waals surface area (Å²) < 4.78 is 42.0. The summed E-state index contributed by atoms with van der Waals surface area (Å²) in [5.41, 5.74) is 0.595. The number of nitrogens with zero attached hydrogens (tertiary/aromatic N) is 4. The molecule has 1 amide bonds. The molecule has 0 saturated carbocycles. The summed E-state index contributed by atoms with van der Waals surface area (Å²) in [6, 6.07) is 7.98. The number of amides is 1. The van der Waals surface area contributed by atoms with Gasteiger partial charge in [0, 0.05) is 36.3 Å². The molecule has 0 aliphatic rings. The number of aromatic nitrogens is 1. The number of benzene rings is 2. The second kappa shape index (κ2) is 10.3. The van der Waals surface area contributed by atoms with Crippen LogP contribution in [0.15, 0.2) is 36.4 Å². The largest absolute Gasteiger partial charge is 0.573 e. The van der Waals surface area contributed by atoms with Crippen molar-refractivity contribution in [2.45, 2.75) is 13.3 Å². The molecule has 33 heavy (non-hydrogen) atoms. The fourth-order valence-corrected chi connectivity index (χ4v) is 4.01. The number of anilines is 1. The zero-order chi connectivity index (χ0) is 23.6. The van der Waals surface area contributed by atoms with Gasteiger partial charge in [-0.05, 0) is 39.2 Å². The number of thiazole rings is 1. The lowest BCUT2D eigenvalue weighted by molar-refractivity contribution is -0.385. The van der Waals surface area contributed by atoms with Crippen molar-refractivity contribution in [3.8, 4) is 5.75 Å². The fraction of sp³-hybridized carbons (Fsp3) is 0.300. The molecule has 8 nitrogen and oxygen atoms in total. The van der Waals surface area contributed by atoms with Crippen LogP contribution in [0.25, 0.3) is 10.2 Å². The van der Waals surface area contributed by atoms with Crippen molar-refractivity contribution < 1.29 is 27.6 Å². The predicted octanol–water partition coefficient (Wildman–Crippen LogP) is 5.04. The zero-order valence-electron chi connectivity index (χ0n) is 17.8. The van der Waals surface area contributed by atoms with Crippen LogP contribution in [0.1, 0.15) is 15.9 Å². The number of nitro benzene ring substituents is 1. The van der Waals surface area contributed by atoms with Gasteiger partial charge in [-0.1, -0.05) is 17.4 Å². The lowest BCUT2D eigenvalue weighted by Gasteiger charge is -2.22. The maximum Gasteiger partial charge on any atom is 0.573 e. The zero-order valence-corrected chi connectivity index (χ0v) is 19.4. The number of halogens is 4.